The lowest BCUT2D eigenvalue weighted by atomic mass is 9.87. The molecule has 0 aliphatic carbocycles. The van der Waals surface area contributed by atoms with E-state index in [0.717, 1.165) is 6.42 Å². The smallest absolute Gasteiger partial charge is 0.136 e. The first-order chi connectivity index (χ1) is 15.4. The average Bonchev–Trinajstić information content (AvgIpc) is 2.68. The summed E-state index contributed by atoms with van der Waals surface area (Å²) in [6.07, 6.45) is 5.88. The maximum atomic E-state index is 9.93. The van der Waals surface area contributed by atoms with Gasteiger partial charge in [-0.25, -0.2) is 0 Å². The van der Waals surface area contributed by atoms with Gasteiger partial charge in [-0.3, -0.25) is 0 Å². The molecule has 2 aromatic rings. The van der Waals surface area contributed by atoms with Gasteiger partial charge in [0.15, 0.2) is 0 Å². The fraction of sp³-hybridized carbons (Fsp3) is 0.533. The number of nitrogens with zero attached hydrogens (tertiary/aromatic N) is 1. The topological polar surface area (TPSA) is 32.7 Å². The number of hydrogen-bond acceptors (Lipinski definition) is 3. The van der Waals surface area contributed by atoms with E-state index in [9.17, 15) is 5.11 Å². The van der Waals surface area contributed by atoms with Crippen LogP contribution in [-0.2, 0) is 11.2 Å². The summed E-state index contributed by atoms with van der Waals surface area (Å²) in [4.78, 5) is 2.45. The van der Waals surface area contributed by atoms with Crippen molar-refractivity contribution in [3.63, 3.8) is 0 Å². The Bertz CT molecular complexity index is 1000. The molecule has 1 aliphatic rings. The zero-order valence-electron chi connectivity index (χ0n) is 22.1. The molecule has 3 heteroatoms. The minimum atomic E-state index is -0.570. The number of aliphatic hydroxyl groups is 1. The third-order valence-corrected chi connectivity index (χ3v) is 6.70. The van der Waals surface area contributed by atoms with Crippen LogP contribution in [0.25, 0.3) is 6.08 Å². The van der Waals surface area contributed by atoms with Crippen molar-refractivity contribution in [1.82, 2.24) is 0 Å². The van der Waals surface area contributed by atoms with E-state index in [1.165, 1.54) is 39.1 Å². The molecule has 3 unspecified atom stereocenters. The third kappa shape index (κ3) is 5.70. The van der Waals surface area contributed by atoms with Gasteiger partial charge in [0.05, 0.1) is 18.2 Å². The molecule has 0 saturated heterocycles. The van der Waals surface area contributed by atoms with Crippen LogP contribution in [0.3, 0.4) is 0 Å². The van der Waals surface area contributed by atoms with Gasteiger partial charge in [-0.15, -0.1) is 0 Å². The van der Waals surface area contributed by atoms with E-state index in [2.05, 4.69) is 103 Å². The van der Waals surface area contributed by atoms with Gasteiger partial charge in [0, 0.05) is 11.3 Å². The fourth-order valence-corrected chi connectivity index (χ4v) is 5.37. The first-order valence-electron chi connectivity index (χ1n) is 12.4. The largest absolute Gasteiger partial charge is 0.393 e. The monoisotopic (exact) mass is 449 g/mol. The van der Waals surface area contributed by atoms with E-state index < -0.39 is 5.72 Å². The highest BCUT2D eigenvalue weighted by Gasteiger charge is 2.38. The number of hydrogen-bond donors (Lipinski definition) is 1. The van der Waals surface area contributed by atoms with Crippen LogP contribution in [0.4, 0.5) is 5.69 Å². The quantitative estimate of drug-likeness (QED) is 0.459. The first kappa shape index (κ1) is 25.5. The van der Waals surface area contributed by atoms with Gasteiger partial charge in [-0.05, 0) is 95.5 Å². The summed E-state index contributed by atoms with van der Waals surface area (Å²) in [7, 11) is 0. The van der Waals surface area contributed by atoms with Gasteiger partial charge < -0.3 is 14.7 Å². The number of rotatable bonds is 8. The Morgan fingerprint density at radius 1 is 1.06 bits per heavy atom. The van der Waals surface area contributed by atoms with E-state index >= 15 is 0 Å². The first-order valence-corrected chi connectivity index (χ1v) is 12.4. The van der Waals surface area contributed by atoms with Crippen LogP contribution in [0.15, 0.2) is 36.4 Å². The molecular formula is C30H43NO2. The molecule has 1 aliphatic heterocycles. The highest BCUT2D eigenvalue weighted by atomic mass is 16.5. The average molecular weight is 450 g/mol. The molecule has 0 saturated carbocycles. The Hall–Kier alpha value is -2.10. The predicted octanol–water partition coefficient (Wildman–Crippen LogP) is 7.30. The summed E-state index contributed by atoms with van der Waals surface area (Å²) < 4.78 is 6.65. The van der Waals surface area contributed by atoms with Crippen LogP contribution < -0.4 is 4.90 Å². The van der Waals surface area contributed by atoms with Crippen LogP contribution in [-0.4, -0.2) is 23.0 Å². The van der Waals surface area contributed by atoms with Gasteiger partial charge in [0.1, 0.15) is 5.72 Å². The van der Waals surface area contributed by atoms with Crippen molar-refractivity contribution in [1.29, 1.82) is 0 Å². The molecule has 0 aromatic heterocycles. The van der Waals surface area contributed by atoms with Crippen molar-refractivity contribution in [3.05, 3.63) is 69.8 Å². The molecule has 180 valence electrons. The van der Waals surface area contributed by atoms with Gasteiger partial charge >= 0.3 is 0 Å². The molecule has 3 rings (SSSR count). The zero-order valence-corrected chi connectivity index (χ0v) is 22.1. The SMILES string of the molecule is Cc1cc(C)c(C)c(C2C=Cc3c(CC(C)C)cccc3N2C(C)(C)OC(C)CC(C)O)c1. The summed E-state index contributed by atoms with van der Waals surface area (Å²) in [5.74, 6) is 0.591. The standard InChI is InChI=1S/C30H43NO2/c1-19(2)15-25-11-10-12-28-26(25)13-14-29(27-17-20(3)16-21(4)24(27)7)31(28)30(8,9)33-23(6)18-22(5)32/h10-14,16-17,19,22-23,29,32H,15,18H2,1-9H3. The highest BCUT2D eigenvalue weighted by Crippen LogP contribution is 2.44. The van der Waals surface area contributed by atoms with Crippen LogP contribution in [0.2, 0.25) is 0 Å². The summed E-state index contributed by atoms with van der Waals surface area (Å²) in [5.41, 5.74) is 8.57. The van der Waals surface area contributed by atoms with E-state index in [-0.39, 0.29) is 18.2 Å². The number of aryl methyl sites for hydroxylation is 2. The number of aliphatic hydroxyl groups excluding tert-OH is 1. The Morgan fingerprint density at radius 3 is 2.39 bits per heavy atom. The van der Waals surface area contributed by atoms with E-state index in [4.69, 9.17) is 4.74 Å². The van der Waals surface area contributed by atoms with Gasteiger partial charge in [-0.2, -0.15) is 0 Å². The lowest BCUT2D eigenvalue weighted by Gasteiger charge is -2.48. The van der Waals surface area contributed by atoms with Crippen LogP contribution in [0, 0.1) is 26.7 Å². The van der Waals surface area contributed by atoms with Crippen molar-refractivity contribution in [2.45, 2.75) is 99.1 Å². The lowest BCUT2D eigenvalue weighted by Crippen LogP contribution is -2.51. The molecule has 3 atom stereocenters. The molecule has 0 bridgehead atoms. The van der Waals surface area contributed by atoms with Gasteiger partial charge in [0.2, 0.25) is 0 Å². The number of anilines is 1. The molecule has 3 nitrogen and oxygen atoms in total. The van der Waals surface area contributed by atoms with E-state index in [1.807, 2.05) is 6.92 Å². The van der Waals surface area contributed by atoms with Crippen LogP contribution in [0.1, 0.15) is 87.4 Å². The Labute approximate surface area is 201 Å². The predicted molar refractivity (Wildman–Crippen MR) is 141 cm³/mol. The second-order valence-corrected chi connectivity index (χ2v) is 10.9. The Balaban J connectivity index is 2.16. The minimum absolute atomic E-state index is 0.0609. The third-order valence-electron chi connectivity index (χ3n) is 6.70. The van der Waals surface area contributed by atoms with Gasteiger partial charge in [0.25, 0.3) is 0 Å². The molecule has 0 amide bonds. The highest BCUT2D eigenvalue weighted by molar-refractivity contribution is 5.76. The normalized spacial score (nSPS) is 17.9. The lowest BCUT2D eigenvalue weighted by molar-refractivity contribution is -0.0809. The molecule has 0 spiro atoms. The summed E-state index contributed by atoms with van der Waals surface area (Å²) >= 11 is 0. The minimum Gasteiger partial charge on any atom is -0.393 e. The maximum absolute atomic E-state index is 9.93. The van der Waals surface area contributed by atoms with E-state index in [0.29, 0.717) is 12.3 Å². The van der Waals surface area contributed by atoms with Crippen molar-refractivity contribution in [2.75, 3.05) is 4.90 Å². The Morgan fingerprint density at radius 2 is 1.76 bits per heavy atom. The second kappa shape index (κ2) is 10.0. The van der Waals surface area contributed by atoms with Crippen molar-refractivity contribution in [2.24, 2.45) is 5.92 Å². The zero-order chi connectivity index (χ0) is 24.5. The Kier molecular flexibility index (Phi) is 7.76. The fourth-order valence-electron chi connectivity index (χ4n) is 5.37. The van der Waals surface area contributed by atoms with Crippen molar-refractivity contribution >= 4 is 11.8 Å². The summed E-state index contributed by atoms with van der Waals surface area (Å²) in [6, 6.07) is 11.3. The van der Waals surface area contributed by atoms with E-state index in [1.54, 1.807) is 0 Å². The maximum Gasteiger partial charge on any atom is 0.136 e. The number of fused-ring (bicyclic) bond motifs is 1. The summed E-state index contributed by atoms with van der Waals surface area (Å²) in [5, 5.41) is 9.93. The molecule has 1 N–H and O–H groups in total. The molecule has 1 heterocycles. The molecule has 2 aromatic carbocycles. The molecule has 0 radical (unpaired) electrons. The molecule has 0 fully saturated rings. The second-order valence-electron chi connectivity index (χ2n) is 10.9. The summed E-state index contributed by atoms with van der Waals surface area (Å²) in [6.45, 7) is 19.4. The number of benzene rings is 2. The van der Waals surface area contributed by atoms with Crippen LogP contribution >= 0.6 is 0 Å². The molecule has 33 heavy (non-hydrogen) atoms. The molecular weight excluding hydrogens is 406 g/mol. The van der Waals surface area contributed by atoms with Crippen LogP contribution in [0.5, 0.6) is 0 Å². The van der Waals surface area contributed by atoms with Gasteiger partial charge in [-0.1, -0.05) is 55.8 Å². The number of ether oxygens (including phenoxy) is 1. The van der Waals surface area contributed by atoms with Crippen molar-refractivity contribution < 1.29 is 9.84 Å². The van der Waals surface area contributed by atoms with Crippen molar-refractivity contribution in [3.8, 4) is 0 Å².